The first kappa shape index (κ1) is 16.7. The summed E-state index contributed by atoms with van der Waals surface area (Å²) in [5.74, 6) is 1.91. The van der Waals surface area contributed by atoms with Gasteiger partial charge in [0.1, 0.15) is 0 Å². The highest BCUT2D eigenvalue weighted by Gasteiger charge is 2.32. The molecule has 2 heteroatoms. The van der Waals surface area contributed by atoms with E-state index in [1.807, 2.05) is 0 Å². The van der Waals surface area contributed by atoms with Crippen LogP contribution in [-0.2, 0) is 0 Å². The van der Waals surface area contributed by atoms with E-state index in [-0.39, 0.29) is 24.0 Å². The summed E-state index contributed by atoms with van der Waals surface area (Å²) in [5, 5.41) is 0. The van der Waals surface area contributed by atoms with Crippen molar-refractivity contribution < 1.29 is 28.5 Å². The van der Waals surface area contributed by atoms with Crippen LogP contribution in [-0.4, -0.2) is 32.2 Å². The molecule has 98 valence electrons. The molecule has 1 aliphatic carbocycles. The lowest BCUT2D eigenvalue weighted by Crippen LogP contribution is -3.00. The SMILES string of the molecule is CC1CC(CC[N+](C)(C)C)CC(C)(C)C1.[I-]. The Kier molecular flexibility index (Phi) is 6.29. The Balaban J connectivity index is 0.00000225. The van der Waals surface area contributed by atoms with Gasteiger partial charge in [0, 0.05) is 0 Å². The highest BCUT2D eigenvalue weighted by atomic mass is 127. The highest BCUT2D eigenvalue weighted by molar-refractivity contribution is 4.82. The van der Waals surface area contributed by atoms with Crippen LogP contribution in [0, 0.1) is 17.3 Å². The number of quaternary nitrogens is 1. The fraction of sp³-hybridized carbons (Fsp3) is 1.00. The van der Waals surface area contributed by atoms with Crippen molar-refractivity contribution in [1.29, 1.82) is 0 Å². The van der Waals surface area contributed by atoms with Crippen molar-refractivity contribution in [3.8, 4) is 0 Å². The largest absolute Gasteiger partial charge is 1.00 e. The van der Waals surface area contributed by atoms with Crippen LogP contribution < -0.4 is 24.0 Å². The van der Waals surface area contributed by atoms with E-state index in [0.29, 0.717) is 5.41 Å². The van der Waals surface area contributed by atoms with E-state index < -0.39 is 0 Å². The topological polar surface area (TPSA) is 0 Å². The number of rotatable bonds is 3. The summed E-state index contributed by atoms with van der Waals surface area (Å²) >= 11 is 0. The smallest absolute Gasteiger partial charge is 0.0783 e. The maximum atomic E-state index is 2.45. The minimum atomic E-state index is 0. The van der Waals surface area contributed by atoms with E-state index in [4.69, 9.17) is 0 Å². The van der Waals surface area contributed by atoms with E-state index >= 15 is 0 Å². The van der Waals surface area contributed by atoms with Crippen molar-refractivity contribution in [1.82, 2.24) is 0 Å². The van der Waals surface area contributed by atoms with Gasteiger partial charge in [0.05, 0.1) is 27.7 Å². The Bertz CT molecular complexity index is 205. The Labute approximate surface area is 120 Å². The highest BCUT2D eigenvalue weighted by Crippen LogP contribution is 2.42. The Morgan fingerprint density at radius 2 is 1.69 bits per heavy atom. The molecule has 0 aromatic carbocycles. The van der Waals surface area contributed by atoms with Crippen molar-refractivity contribution in [2.75, 3.05) is 27.7 Å². The number of hydrogen-bond acceptors (Lipinski definition) is 0. The fourth-order valence-electron chi connectivity index (χ4n) is 3.33. The lowest BCUT2D eigenvalue weighted by molar-refractivity contribution is -0.871. The van der Waals surface area contributed by atoms with Gasteiger partial charge in [-0.15, -0.1) is 0 Å². The normalized spacial score (nSPS) is 29.6. The molecular formula is C14H30IN. The summed E-state index contributed by atoms with van der Waals surface area (Å²) in [6, 6.07) is 0. The molecule has 0 saturated heterocycles. The van der Waals surface area contributed by atoms with Crippen LogP contribution in [0.25, 0.3) is 0 Å². The number of nitrogens with zero attached hydrogens (tertiary/aromatic N) is 1. The van der Waals surface area contributed by atoms with Gasteiger partial charge in [0.2, 0.25) is 0 Å². The van der Waals surface area contributed by atoms with Gasteiger partial charge in [0.25, 0.3) is 0 Å². The fourth-order valence-corrected chi connectivity index (χ4v) is 3.33. The molecule has 0 amide bonds. The first-order valence-electron chi connectivity index (χ1n) is 6.48. The summed E-state index contributed by atoms with van der Waals surface area (Å²) < 4.78 is 1.12. The van der Waals surface area contributed by atoms with Crippen LogP contribution in [0.15, 0.2) is 0 Å². The third kappa shape index (κ3) is 6.43. The summed E-state index contributed by atoms with van der Waals surface area (Å²) in [4.78, 5) is 0. The third-order valence-corrected chi connectivity index (χ3v) is 3.69. The van der Waals surface area contributed by atoms with Crippen LogP contribution in [0.1, 0.15) is 46.5 Å². The maximum absolute atomic E-state index is 2.45. The average Bonchev–Trinajstić information content (AvgIpc) is 1.95. The summed E-state index contributed by atoms with van der Waals surface area (Å²) in [7, 11) is 6.91. The number of halogens is 1. The van der Waals surface area contributed by atoms with E-state index in [1.165, 1.54) is 32.2 Å². The lowest BCUT2D eigenvalue weighted by atomic mass is 9.67. The second-order valence-corrected chi connectivity index (χ2v) is 7.58. The van der Waals surface area contributed by atoms with Crippen LogP contribution in [0.2, 0.25) is 0 Å². The zero-order valence-corrected chi connectivity index (χ0v) is 14.2. The molecule has 0 aromatic heterocycles. The van der Waals surface area contributed by atoms with Gasteiger partial charge in [-0.2, -0.15) is 0 Å². The zero-order valence-electron chi connectivity index (χ0n) is 12.0. The molecule has 0 aliphatic heterocycles. The summed E-state index contributed by atoms with van der Waals surface area (Å²) in [5.41, 5.74) is 0.590. The quantitative estimate of drug-likeness (QED) is 0.520. The predicted molar refractivity (Wildman–Crippen MR) is 67.8 cm³/mol. The molecular weight excluding hydrogens is 309 g/mol. The van der Waals surface area contributed by atoms with Gasteiger partial charge in [-0.05, 0) is 42.9 Å². The van der Waals surface area contributed by atoms with Gasteiger partial charge >= 0.3 is 0 Å². The Morgan fingerprint density at radius 3 is 2.12 bits per heavy atom. The Hall–Kier alpha value is 0.690. The molecule has 2 unspecified atom stereocenters. The predicted octanol–water partition coefficient (Wildman–Crippen LogP) is 0.549. The lowest BCUT2D eigenvalue weighted by Gasteiger charge is -2.39. The van der Waals surface area contributed by atoms with E-state index in [2.05, 4.69) is 41.9 Å². The molecule has 0 radical (unpaired) electrons. The molecule has 1 rings (SSSR count). The summed E-state index contributed by atoms with van der Waals surface area (Å²) in [6.07, 6.45) is 5.74. The molecule has 0 N–H and O–H groups in total. The van der Waals surface area contributed by atoms with Crippen molar-refractivity contribution in [2.45, 2.75) is 46.5 Å². The van der Waals surface area contributed by atoms with E-state index in [1.54, 1.807) is 0 Å². The van der Waals surface area contributed by atoms with Crippen LogP contribution in [0.3, 0.4) is 0 Å². The third-order valence-electron chi connectivity index (χ3n) is 3.69. The first-order chi connectivity index (χ1) is 6.68. The second kappa shape index (κ2) is 6.03. The second-order valence-electron chi connectivity index (χ2n) is 7.58. The first-order valence-corrected chi connectivity index (χ1v) is 6.48. The molecule has 0 bridgehead atoms. The van der Waals surface area contributed by atoms with Gasteiger partial charge < -0.3 is 28.5 Å². The minimum absolute atomic E-state index is 0. The number of hydrogen-bond donors (Lipinski definition) is 0. The molecule has 1 fully saturated rings. The molecule has 2 atom stereocenters. The van der Waals surface area contributed by atoms with Gasteiger partial charge in [0.15, 0.2) is 0 Å². The molecule has 0 aromatic rings. The van der Waals surface area contributed by atoms with E-state index in [0.717, 1.165) is 16.3 Å². The Morgan fingerprint density at radius 1 is 1.12 bits per heavy atom. The van der Waals surface area contributed by atoms with Crippen molar-refractivity contribution in [3.05, 3.63) is 0 Å². The van der Waals surface area contributed by atoms with Crippen molar-refractivity contribution >= 4 is 0 Å². The van der Waals surface area contributed by atoms with Gasteiger partial charge in [-0.3, -0.25) is 0 Å². The van der Waals surface area contributed by atoms with Crippen LogP contribution in [0.4, 0.5) is 0 Å². The van der Waals surface area contributed by atoms with Crippen molar-refractivity contribution in [3.63, 3.8) is 0 Å². The van der Waals surface area contributed by atoms with Crippen LogP contribution >= 0.6 is 0 Å². The monoisotopic (exact) mass is 339 g/mol. The summed E-state index contributed by atoms with van der Waals surface area (Å²) in [6.45, 7) is 8.65. The average molecular weight is 339 g/mol. The molecule has 1 aliphatic rings. The minimum Gasteiger partial charge on any atom is -1.00 e. The molecule has 1 nitrogen and oxygen atoms in total. The van der Waals surface area contributed by atoms with Gasteiger partial charge in [-0.1, -0.05) is 20.8 Å². The standard InChI is InChI=1S/C14H30N.HI/c1-12-9-13(7-8-15(4,5)6)11-14(2,3)10-12;/h12-13H,7-11H2,1-6H3;1H/q+1;/p-1. The zero-order chi connectivity index (χ0) is 11.7. The molecule has 1 saturated carbocycles. The van der Waals surface area contributed by atoms with Crippen LogP contribution in [0.5, 0.6) is 0 Å². The maximum Gasteiger partial charge on any atom is 0.0783 e. The molecule has 16 heavy (non-hydrogen) atoms. The van der Waals surface area contributed by atoms with Gasteiger partial charge in [-0.25, -0.2) is 0 Å². The molecule has 0 spiro atoms. The van der Waals surface area contributed by atoms with E-state index in [9.17, 15) is 0 Å². The van der Waals surface area contributed by atoms with Crippen molar-refractivity contribution in [2.24, 2.45) is 17.3 Å². The molecule has 0 heterocycles.